The highest BCUT2D eigenvalue weighted by Gasteiger charge is 2.45. The zero-order valence-electron chi connectivity index (χ0n) is 12.8. The molecule has 2 unspecified atom stereocenters. The Balaban J connectivity index is 1.58. The number of piperidine rings is 2. The fourth-order valence-electron chi connectivity index (χ4n) is 3.51. The van der Waals surface area contributed by atoms with E-state index in [-0.39, 0.29) is 12.7 Å². The zero-order valence-corrected chi connectivity index (χ0v) is 12.8. The molecular formula is C17H23FN2O2. The average Bonchev–Trinajstić information content (AvgIpc) is 2.57. The highest BCUT2D eigenvalue weighted by Crippen LogP contribution is 2.38. The Morgan fingerprint density at radius 1 is 1.41 bits per heavy atom. The largest absolute Gasteiger partial charge is 0.445 e. The molecule has 22 heavy (non-hydrogen) atoms. The molecule has 2 aliphatic rings. The van der Waals surface area contributed by atoms with Crippen LogP contribution in [0.25, 0.3) is 0 Å². The first kappa shape index (κ1) is 15.3. The van der Waals surface area contributed by atoms with Gasteiger partial charge in [-0.05, 0) is 31.4 Å². The Morgan fingerprint density at radius 3 is 3.00 bits per heavy atom. The summed E-state index contributed by atoms with van der Waals surface area (Å²) in [5.74, 6) is 0. The summed E-state index contributed by atoms with van der Waals surface area (Å²) in [5, 5.41) is 3.27. The number of carbonyl (C=O) groups is 1. The van der Waals surface area contributed by atoms with Crippen LogP contribution < -0.4 is 5.32 Å². The molecule has 2 fully saturated rings. The monoisotopic (exact) mass is 306 g/mol. The molecule has 1 aromatic carbocycles. The van der Waals surface area contributed by atoms with Crippen LogP contribution in [0.1, 0.15) is 24.8 Å². The maximum absolute atomic E-state index is 14.4. The van der Waals surface area contributed by atoms with E-state index in [4.69, 9.17) is 4.74 Å². The van der Waals surface area contributed by atoms with Gasteiger partial charge < -0.3 is 15.0 Å². The van der Waals surface area contributed by atoms with Crippen LogP contribution in [0.5, 0.6) is 0 Å². The van der Waals surface area contributed by atoms with Gasteiger partial charge in [-0.15, -0.1) is 0 Å². The summed E-state index contributed by atoms with van der Waals surface area (Å²) in [4.78, 5) is 13.9. The fraction of sp³-hybridized carbons (Fsp3) is 0.588. The van der Waals surface area contributed by atoms with E-state index in [0.29, 0.717) is 26.1 Å². The van der Waals surface area contributed by atoms with Crippen molar-refractivity contribution in [1.29, 1.82) is 0 Å². The summed E-state index contributed by atoms with van der Waals surface area (Å²) < 4.78 is 19.8. The number of nitrogens with zero attached hydrogens (tertiary/aromatic N) is 1. The number of ether oxygens (including phenoxy) is 1. The number of nitrogens with one attached hydrogen (secondary N) is 1. The van der Waals surface area contributed by atoms with Gasteiger partial charge in [0.05, 0.1) is 0 Å². The van der Waals surface area contributed by atoms with Crippen molar-refractivity contribution in [2.45, 2.75) is 32.0 Å². The summed E-state index contributed by atoms with van der Waals surface area (Å²) in [7, 11) is 0. The van der Waals surface area contributed by atoms with Crippen molar-refractivity contribution >= 4 is 6.09 Å². The molecule has 0 aromatic heterocycles. The molecule has 0 radical (unpaired) electrons. The molecule has 1 aromatic rings. The van der Waals surface area contributed by atoms with Gasteiger partial charge in [0.2, 0.25) is 0 Å². The summed E-state index contributed by atoms with van der Waals surface area (Å²) >= 11 is 0. The van der Waals surface area contributed by atoms with Crippen molar-refractivity contribution in [3.8, 4) is 0 Å². The van der Waals surface area contributed by atoms with Crippen LogP contribution in [0.3, 0.4) is 0 Å². The van der Waals surface area contributed by atoms with Crippen molar-refractivity contribution in [2.24, 2.45) is 5.41 Å². The number of hydrogen-bond donors (Lipinski definition) is 1. The lowest BCUT2D eigenvalue weighted by Crippen LogP contribution is -2.57. The number of carbonyl (C=O) groups excluding carboxylic acids is 1. The number of hydrogen-bond acceptors (Lipinski definition) is 3. The molecule has 2 heterocycles. The van der Waals surface area contributed by atoms with Gasteiger partial charge in [-0.2, -0.15) is 0 Å². The van der Waals surface area contributed by atoms with E-state index < -0.39 is 11.6 Å². The Hall–Kier alpha value is -1.62. The lowest BCUT2D eigenvalue weighted by molar-refractivity contribution is -0.00756. The predicted molar refractivity (Wildman–Crippen MR) is 82.2 cm³/mol. The van der Waals surface area contributed by atoms with E-state index in [2.05, 4.69) is 5.32 Å². The van der Waals surface area contributed by atoms with E-state index in [1.807, 2.05) is 30.3 Å². The number of amides is 1. The Bertz CT molecular complexity index is 507. The van der Waals surface area contributed by atoms with Gasteiger partial charge >= 0.3 is 6.09 Å². The molecule has 1 N–H and O–H groups in total. The van der Waals surface area contributed by atoms with E-state index in [1.54, 1.807) is 4.90 Å². The molecule has 2 atom stereocenters. The van der Waals surface area contributed by atoms with Gasteiger partial charge in [-0.3, -0.25) is 0 Å². The summed E-state index contributed by atoms with van der Waals surface area (Å²) in [6, 6.07) is 9.61. The first-order chi connectivity index (χ1) is 10.7. The molecule has 0 bridgehead atoms. The molecular weight excluding hydrogens is 283 g/mol. The smallest absolute Gasteiger partial charge is 0.410 e. The molecule has 120 valence electrons. The molecule has 1 spiro atoms. The van der Waals surface area contributed by atoms with Crippen molar-refractivity contribution in [1.82, 2.24) is 10.2 Å². The second kappa shape index (κ2) is 6.65. The van der Waals surface area contributed by atoms with Crippen molar-refractivity contribution in [3.63, 3.8) is 0 Å². The molecule has 1 amide bonds. The summed E-state index contributed by atoms with van der Waals surface area (Å²) in [6.07, 6.45) is 1.04. The fourth-order valence-corrected chi connectivity index (χ4v) is 3.51. The SMILES string of the molecule is O=C(OCc1ccccc1)N1CCCC2(CNCCC2F)C1. The molecule has 5 heteroatoms. The molecule has 3 rings (SSSR count). The van der Waals surface area contributed by atoms with Crippen LogP contribution in [0, 0.1) is 5.41 Å². The topological polar surface area (TPSA) is 41.6 Å². The Morgan fingerprint density at radius 2 is 2.23 bits per heavy atom. The van der Waals surface area contributed by atoms with Gasteiger partial charge in [-0.25, -0.2) is 9.18 Å². The average molecular weight is 306 g/mol. The minimum atomic E-state index is -0.835. The summed E-state index contributed by atoms with van der Waals surface area (Å²) in [5.41, 5.74) is 0.535. The number of halogens is 1. The second-order valence-electron chi connectivity index (χ2n) is 6.36. The van der Waals surface area contributed by atoms with Gasteiger partial charge in [0.15, 0.2) is 0 Å². The predicted octanol–water partition coefficient (Wildman–Crippen LogP) is 2.74. The highest BCUT2D eigenvalue weighted by atomic mass is 19.1. The quantitative estimate of drug-likeness (QED) is 0.913. The molecule has 2 saturated heterocycles. The third kappa shape index (κ3) is 3.24. The maximum atomic E-state index is 14.4. The number of benzene rings is 1. The second-order valence-corrected chi connectivity index (χ2v) is 6.36. The van der Waals surface area contributed by atoms with E-state index in [1.165, 1.54) is 0 Å². The Kier molecular flexibility index (Phi) is 4.62. The highest BCUT2D eigenvalue weighted by molar-refractivity contribution is 5.67. The van der Waals surface area contributed by atoms with Crippen molar-refractivity contribution in [2.75, 3.05) is 26.2 Å². The van der Waals surface area contributed by atoms with Crippen LogP contribution in [0.4, 0.5) is 9.18 Å². The number of alkyl halides is 1. The van der Waals surface area contributed by atoms with Crippen molar-refractivity contribution in [3.05, 3.63) is 35.9 Å². The standard InChI is InChI=1S/C17H23FN2O2/c18-15-7-9-19-12-17(15)8-4-10-20(13-17)16(21)22-11-14-5-2-1-3-6-14/h1-3,5-6,15,19H,4,7-13H2. The van der Waals surface area contributed by atoms with Crippen LogP contribution in [-0.4, -0.2) is 43.3 Å². The number of likely N-dealkylation sites (tertiary alicyclic amines) is 1. The normalized spacial score (nSPS) is 28.6. The third-order valence-electron chi connectivity index (χ3n) is 4.79. The lowest BCUT2D eigenvalue weighted by atomic mass is 9.73. The van der Waals surface area contributed by atoms with Crippen LogP contribution in [-0.2, 0) is 11.3 Å². The summed E-state index contributed by atoms with van der Waals surface area (Å²) in [6.45, 7) is 2.75. The third-order valence-corrected chi connectivity index (χ3v) is 4.79. The van der Waals surface area contributed by atoms with Gasteiger partial charge in [0.1, 0.15) is 12.8 Å². The first-order valence-corrected chi connectivity index (χ1v) is 8.00. The van der Waals surface area contributed by atoms with Crippen LogP contribution in [0.2, 0.25) is 0 Å². The van der Waals surface area contributed by atoms with E-state index in [0.717, 1.165) is 24.9 Å². The molecule has 4 nitrogen and oxygen atoms in total. The minimum Gasteiger partial charge on any atom is -0.445 e. The zero-order chi connectivity index (χ0) is 15.4. The minimum absolute atomic E-state index is 0.264. The van der Waals surface area contributed by atoms with E-state index >= 15 is 0 Å². The number of rotatable bonds is 2. The van der Waals surface area contributed by atoms with Gasteiger partial charge in [0, 0.05) is 25.0 Å². The molecule has 0 aliphatic carbocycles. The van der Waals surface area contributed by atoms with Crippen LogP contribution in [0.15, 0.2) is 30.3 Å². The molecule has 0 saturated carbocycles. The molecule has 2 aliphatic heterocycles. The first-order valence-electron chi connectivity index (χ1n) is 8.00. The lowest BCUT2D eigenvalue weighted by Gasteiger charge is -2.46. The van der Waals surface area contributed by atoms with E-state index in [9.17, 15) is 9.18 Å². The van der Waals surface area contributed by atoms with Crippen LogP contribution >= 0.6 is 0 Å². The Labute approximate surface area is 130 Å². The van der Waals surface area contributed by atoms with Crippen molar-refractivity contribution < 1.29 is 13.9 Å². The van der Waals surface area contributed by atoms with Gasteiger partial charge in [0.25, 0.3) is 0 Å². The van der Waals surface area contributed by atoms with Gasteiger partial charge in [-0.1, -0.05) is 30.3 Å². The maximum Gasteiger partial charge on any atom is 0.410 e.